The van der Waals surface area contributed by atoms with Gasteiger partial charge in [-0.2, -0.15) is 0 Å². The van der Waals surface area contributed by atoms with Gasteiger partial charge in [-0.05, 0) is 214 Å². The fraction of sp³-hybridized carbons (Fsp3) is 0.0400. The monoisotopic (exact) mass is 1090 g/mol. The van der Waals surface area contributed by atoms with Gasteiger partial charge < -0.3 is 33.8 Å². The number of hydrogen-bond acceptors (Lipinski definition) is 7. The van der Waals surface area contributed by atoms with Crippen molar-refractivity contribution in [2.75, 3.05) is 19.6 Å². The Morgan fingerprint density at radius 2 is 0.494 bits per heavy atom. The smallest absolute Gasteiger partial charge is 0.256 e. The molecule has 0 radical (unpaired) electrons. The molecule has 0 N–H and O–H groups in total. The van der Waals surface area contributed by atoms with Crippen LogP contribution in [0.3, 0.4) is 0 Å². The first kappa shape index (κ1) is 48.0. The van der Waals surface area contributed by atoms with Gasteiger partial charge in [0, 0.05) is 68.2 Å². The molecule has 6 aliphatic heterocycles. The standard InChI is InChI=1S/C75H51B3N4O3/c1-46-40-61-70-67-73(46)83-64-37-34-55(79(49-22-10-4-11-23-49)50-24-12-5-13-25-50)43-58(64)77(67)62-41-47(2)75-69-71(62)82(70)72-63(78(69)60-45-57(36-39-66(60)85-75)81(53-30-18-8-19-31-53)54-32-20-9-21-33-54)42-48(3)74-68(72)76(61)59-44-56(35-38-65(59)84-74)80(51-26-14-6-15-27-51)52-28-16-7-17-29-52/h4-45H,1-3H3. The minimum absolute atomic E-state index is 0.207. The van der Waals surface area contributed by atoms with E-state index in [1.807, 2.05) is 0 Å². The fourth-order valence-electron chi connectivity index (χ4n) is 15.0. The molecule has 0 spiro atoms. The van der Waals surface area contributed by atoms with Gasteiger partial charge in [-0.3, -0.25) is 0 Å². The number of fused-ring (bicyclic) bond motifs is 9. The van der Waals surface area contributed by atoms with Crippen molar-refractivity contribution in [2.24, 2.45) is 0 Å². The molecule has 0 bridgehead atoms. The van der Waals surface area contributed by atoms with Crippen LogP contribution in [-0.2, 0) is 0 Å². The average Bonchev–Trinajstić information content (AvgIpc) is 0.682. The number of aryl methyl sites for hydroxylation is 3. The van der Waals surface area contributed by atoms with Gasteiger partial charge >= 0.3 is 0 Å². The molecule has 6 heterocycles. The lowest BCUT2D eigenvalue weighted by Crippen LogP contribution is -2.73. The number of rotatable bonds is 9. The van der Waals surface area contributed by atoms with Crippen molar-refractivity contribution in [2.45, 2.75) is 20.8 Å². The van der Waals surface area contributed by atoms with E-state index in [9.17, 15) is 0 Å². The summed E-state index contributed by atoms with van der Waals surface area (Å²) in [7, 11) is 0. The van der Waals surface area contributed by atoms with Gasteiger partial charge in [0.05, 0.1) is 0 Å². The predicted octanol–water partition coefficient (Wildman–Crippen LogP) is 13.3. The molecule has 7 nitrogen and oxygen atoms in total. The van der Waals surface area contributed by atoms with Crippen LogP contribution in [0.1, 0.15) is 16.7 Å². The van der Waals surface area contributed by atoms with Crippen LogP contribution >= 0.6 is 0 Å². The molecular formula is C75H51B3N4O3. The van der Waals surface area contributed by atoms with Gasteiger partial charge in [0.15, 0.2) is 0 Å². The molecule has 10 heteroatoms. The van der Waals surface area contributed by atoms with Crippen LogP contribution in [0, 0.1) is 20.8 Å². The maximum atomic E-state index is 7.42. The first-order chi connectivity index (χ1) is 41.9. The highest BCUT2D eigenvalue weighted by atomic mass is 16.5. The Morgan fingerprint density at radius 1 is 0.259 bits per heavy atom. The second-order valence-electron chi connectivity index (χ2n) is 23.2. The lowest BCUT2D eigenvalue weighted by atomic mass is 9.25. The SMILES string of the molecule is Cc1cc2c3c4c1Oc1ccc(N(c5ccccc5)c5ccccc5)cc1B4c1cc(C)c4c5c1N3c1c(cc(C)c3c1B2c1cc(N(c2ccccc2)c2ccccc2)ccc1O3)B5c1cc(N(c2ccccc2)c2ccccc2)ccc1O4. The van der Waals surface area contributed by atoms with Crippen molar-refractivity contribution < 1.29 is 14.2 Å². The summed E-state index contributed by atoms with van der Waals surface area (Å²) in [5.41, 5.74) is 27.1. The molecule has 12 aromatic rings. The van der Waals surface area contributed by atoms with E-state index in [-0.39, 0.29) is 20.1 Å². The Hall–Kier alpha value is -10.6. The summed E-state index contributed by atoms with van der Waals surface area (Å²) >= 11 is 0. The first-order valence-corrected chi connectivity index (χ1v) is 29.4. The molecule has 12 aromatic carbocycles. The summed E-state index contributed by atoms with van der Waals surface area (Å²) in [6, 6.07) is 92.0. The number of hydrogen-bond donors (Lipinski definition) is 0. The number of benzene rings is 12. The third-order valence-electron chi connectivity index (χ3n) is 18.4. The van der Waals surface area contributed by atoms with E-state index in [1.54, 1.807) is 0 Å². The molecule has 0 unspecified atom stereocenters. The lowest BCUT2D eigenvalue weighted by Gasteiger charge is -2.52. The molecule has 398 valence electrons. The molecule has 0 aromatic heterocycles. The average molecular weight is 1090 g/mol. The highest BCUT2D eigenvalue weighted by Gasteiger charge is 2.56. The summed E-state index contributed by atoms with van der Waals surface area (Å²) in [4.78, 5) is 9.72. The van der Waals surface area contributed by atoms with E-state index in [0.717, 1.165) is 119 Å². The summed E-state index contributed by atoms with van der Waals surface area (Å²) < 4.78 is 22.3. The number of nitrogens with zero attached hydrogens (tertiary/aromatic N) is 4. The third kappa shape index (κ3) is 6.94. The molecule has 6 aliphatic rings. The largest absolute Gasteiger partial charge is 0.458 e. The number of ether oxygens (including phenoxy) is 3. The quantitative estimate of drug-likeness (QED) is 0.133. The Kier molecular flexibility index (Phi) is 10.3. The van der Waals surface area contributed by atoms with Crippen molar-refractivity contribution in [3.05, 3.63) is 271 Å². The zero-order valence-corrected chi connectivity index (χ0v) is 47.0. The van der Waals surface area contributed by atoms with Crippen molar-refractivity contribution in [3.63, 3.8) is 0 Å². The molecule has 0 atom stereocenters. The molecule has 0 saturated heterocycles. The van der Waals surface area contributed by atoms with Gasteiger partial charge in [0.2, 0.25) is 0 Å². The molecular weight excluding hydrogens is 1040 g/mol. The summed E-state index contributed by atoms with van der Waals surface area (Å²) in [5, 5.41) is 0. The van der Waals surface area contributed by atoms with Crippen LogP contribution in [0.15, 0.2) is 255 Å². The van der Waals surface area contributed by atoms with Gasteiger partial charge in [-0.25, -0.2) is 0 Å². The summed E-state index contributed by atoms with van der Waals surface area (Å²) in [6.07, 6.45) is 0. The first-order valence-electron chi connectivity index (χ1n) is 29.4. The molecule has 0 aliphatic carbocycles. The van der Waals surface area contributed by atoms with E-state index in [1.165, 1.54) is 49.8 Å². The normalized spacial score (nSPS) is 13.3. The molecule has 0 fully saturated rings. The highest BCUT2D eigenvalue weighted by molar-refractivity contribution is 7.07. The third-order valence-corrected chi connectivity index (χ3v) is 18.4. The van der Waals surface area contributed by atoms with Gasteiger partial charge in [-0.1, -0.05) is 127 Å². The summed E-state index contributed by atoms with van der Waals surface area (Å²) in [6.45, 7) is 6.11. The fourth-order valence-corrected chi connectivity index (χ4v) is 15.0. The number of anilines is 12. The van der Waals surface area contributed by atoms with Gasteiger partial charge in [-0.15, -0.1) is 0 Å². The predicted molar refractivity (Wildman–Crippen MR) is 353 cm³/mol. The van der Waals surface area contributed by atoms with Gasteiger partial charge in [0.1, 0.15) is 34.5 Å². The van der Waals surface area contributed by atoms with E-state index in [0.29, 0.717) is 0 Å². The summed E-state index contributed by atoms with van der Waals surface area (Å²) in [5.74, 6) is 5.34. The Labute approximate surface area is 495 Å². The Balaban J connectivity index is 0.927. The maximum absolute atomic E-state index is 7.42. The van der Waals surface area contributed by atoms with Crippen LogP contribution in [0.2, 0.25) is 0 Å². The lowest BCUT2D eigenvalue weighted by molar-refractivity contribution is 0.482. The van der Waals surface area contributed by atoms with Crippen molar-refractivity contribution >= 4 is 138 Å². The van der Waals surface area contributed by atoms with Crippen molar-refractivity contribution in [3.8, 4) is 34.5 Å². The van der Waals surface area contributed by atoms with Crippen molar-refractivity contribution in [1.29, 1.82) is 0 Å². The van der Waals surface area contributed by atoms with Crippen LogP contribution in [-0.4, -0.2) is 20.1 Å². The minimum atomic E-state index is -0.207. The zero-order valence-electron chi connectivity index (χ0n) is 47.0. The molecule has 0 amide bonds. The van der Waals surface area contributed by atoms with Crippen LogP contribution in [0.25, 0.3) is 0 Å². The highest BCUT2D eigenvalue weighted by Crippen LogP contribution is 2.50. The van der Waals surface area contributed by atoms with E-state index >= 15 is 0 Å². The van der Waals surface area contributed by atoms with Crippen molar-refractivity contribution in [1.82, 2.24) is 0 Å². The van der Waals surface area contributed by atoms with Gasteiger partial charge in [0.25, 0.3) is 20.1 Å². The second-order valence-corrected chi connectivity index (χ2v) is 23.2. The van der Waals surface area contributed by atoms with Crippen LogP contribution < -0.4 is 83.0 Å². The molecule has 85 heavy (non-hydrogen) atoms. The van der Waals surface area contributed by atoms with E-state index in [2.05, 4.69) is 295 Å². The maximum Gasteiger partial charge on any atom is 0.256 e. The van der Waals surface area contributed by atoms with Crippen LogP contribution in [0.5, 0.6) is 34.5 Å². The van der Waals surface area contributed by atoms with E-state index in [4.69, 9.17) is 14.2 Å². The molecule has 18 rings (SSSR count). The zero-order chi connectivity index (χ0) is 56.2. The topological polar surface area (TPSA) is 40.7 Å². The Morgan fingerprint density at radius 3 is 0.729 bits per heavy atom. The van der Waals surface area contributed by atoms with E-state index < -0.39 is 0 Å². The van der Waals surface area contributed by atoms with Crippen LogP contribution in [0.4, 0.5) is 68.2 Å². The number of para-hydroxylation sites is 6. The minimum Gasteiger partial charge on any atom is -0.458 e. The second kappa shape index (κ2) is 18.2. The molecule has 0 saturated carbocycles. The Bertz CT molecular complexity index is 4170.